The van der Waals surface area contributed by atoms with Crippen molar-refractivity contribution in [3.8, 4) is 26.6 Å². The van der Waals surface area contributed by atoms with E-state index < -0.39 is 10.0 Å². The summed E-state index contributed by atoms with van der Waals surface area (Å²) in [5, 5.41) is 0. The fraction of sp³-hybridized carbons (Fsp3) is 0.120. The van der Waals surface area contributed by atoms with Crippen LogP contribution in [0.15, 0.2) is 83.8 Å². The van der Waals surface area contributed by atoms with Gasteiger partial charge in [-0.25, -0.2) is 8.42 Å². The SMILES string of the molecule is COc1cccc(-c2cc3c(s2)-c2ccccc2CN3S(=O)(=O)c2ccc(C)cc2)c1. The molecule has 1 aromatic heterocycles. The van der Waals surface area contributed by atoms with E-state index in [1.807, 2.05) is 67.6 Å². The van der Waals surface area contributed by atoms with Gasteiger partial charge in [-0.15, -0.1) is 11.3 Å². The van der Waals surface area contributed by atoms with Crippen molar-refractivity contribution >= 4 is 27.0 Å². The zero-order valence-electron chi connectivity index (χ0n) is 17.2. The van der Waals surface area contributed by atoms with E-state index in [1.54, 1.807) is 30.6 Å². The van der Waals surface area contributed by atoms with Crippen LogP contribution in [0.1, 0.15) is 11.1 Å². The van der Waals surface area contributed by atoms with Crippen molar-refractivity contribution < 1.29 is 13.2 Å². The number of thiophene rings is 1. The normalized spacial score (nSPS) is 12.9. The third-order valence-corrected chi connectivity index (χ3v) is 8.50. The van der Waals surface area contributed by atoms with Gasteiger partial charge in [0.1, 0.15) is 5.75 Å². The highest BCUT2D eigenvalue weighted by molar-refractivity contribution is 7.92. The highest BCUT2D eigenvalue weighted by Gasteiger charge is 2.33. The van der Waals surface area contributed by atoms with Crippen LogP contribution in [0.2, 0.25) is 0 Å². The lowest BCUT2D eigenvalue weighted by Gasteiger charge is -2.30. The Bertz CT molecular complexity index is 1370. The minimum Gasteiger partial charge on any atom is -0.497 e. The van der Waals surface area contributed by atoms with E-state index in [9.17, 15) is 8.42 Å². The first-order valence-corrected chi connectivity index (χ1v) is 12.2. The molecule has 0 N–H and O–H groups in total. The minimum absolute atomic E-state index is 0.303. The quantitative estimate of drug-likeness (QED) is 0.379. The number of rotatable bonds is 4. The van der Waals surface area contributed by atoms with E-state index in [4.69, 9.17) is 4.74 Å². The monoisotopic (exact) mass is 447 g/mol. The molecular formula is C25H21NO3S2. The van der Waals surface area contributed by atoms with Crippen LogP contribution in [0.5, 0.6) is 5.75 Å². The Hall–Kier alpha value is -3.09. The van der Waals surface area contributed by atoms with Gasteiger partial charge < -0.3 is 4.74 Å². The highest BCUT2D eigenvalue weighted by Crippen LogP contribution is 2.49. The van der Waals surface area contributed by atoms with Crippen molar-refractivity contribution in [2.45, 2.75) is 18.4 Å². The molecule has 0 bridgehead atoms. The first-order chi connectivity index (χ1) is 15.0. The molecule has 4 aromatic rings. The maximum absolute atomic E-state index is 13.6. The molecule has 0 radical (unpaired) electrons. The van der Waals surface area contributed by atoms with Crippen molar-refractivity contribution in [2.75, 3.05) is 11.4 Å². The molecule has 0 fully saturated rings. The Labute approximate surface area is 186 Å². The molecule has 1 aliphatic heterocycles. The zero-order valence-corrected chi connectivity index (χ0v) is 18.8. The molecular weight excluding hydrogens is 426 g/mol. The maximum atomic E-state index is 13.6. The van der Waals surface area contributed by atoms with E-state index in [-0.39, 0.29) is 0 Å². The third kappa shape index (κ3) is 3.42. The molecule has 6 heteroatoms. The van der Waals surface area contributed by atoms with Crippen LogP contribution in [0, 0.1) is 6.92 Å². The van der Waals surface area contributed by atoms with Crippen LogP contribution in [0.3, 0.4) is 0 Å². The Morgan fingerprint density at radius 3 is 2.48 bits per heavy atom. The lowest BCUT2D eigenvalue weighted by molar-refractivity contribution is 0.415. The van der Waals surface area contributed by atoms with Crippen LogP contribution >= 0.6 is 11.3 Å². The van der Waals surface area contributed by atoms with Gasteiger partial charge in [-0.2, -0.15) is 0 Å². The number of anilines is 1. The molecule has 156 valence electrons. The maximum Gasteiger partial charge on any atom is 0.264 e. The summed E-state index contributed by atoms with van der Waals surface area (Å²) in [6.07, 6.45) is 0. The molecule has 0 spiro atoms. The summed E-state index contributed by atoms with van der Waals surface area (Å²) < 4.78 is 34.2. The van der Waals surface area contributed by atoms with E-state index in [0.29, 0.717) is 11.4 Å². The number of hydrogen-bond donors (Lipinski definition) is 0. The second-order valence-electron chi connectivity index (χ2n) is 7.54. The molecule has 0 amide bonds. The molecule has 0 unspecified atom stereocenters. The van der Waals surface area contributed by atoms with Crippen molar-refractivity contribution in [3.63, 3.8) is 0 Å². The molecule has 2 heterocycles. The first kappa shape index (κ1) is 19.8. The summed E-state index contributed by atoms with van der Waals surface area (Å²) in [7, 11) is -2.06. The van der Waals surface area contributed by atoms with E-state index in [2.05, 4.69) is 6.07 Å². The summed E-state index contributed by atoms with van der Waals surface area (Å²) in [6.45, 7) is 2.26. The van der Waals surface area contributed by atoms with Crippen molar-refractivity contribution in [3.05, 3.63) is 90.0 Å². The average Bonchev–Trinajstić information content (AvgIpc) is 3.24. The molecule has 0 saturated carbocycles. The summed E-state index contributed by atoms with van der Waals surface area (Å²) in [5.41, 5.74) is 4.85. The summed E-state index contributed by atoms with van der Waals surface area (Å²) in [4.78, 5) is 2.28. The van der Waals surface area contributed by atoms with Gasteiger partial charge in [0.05, 0.1) is 29.1 Å². The largest absolute Gasteiger partial charge is 0.497 e. The number of ether oxygens (including phenoxy) is 1. The fourth-order valence-electron chi connectivity index (χ4n) is 3.85. The first-order valence-electron chi connectivity index (χ1n) is 9.93. The van der Waals surface area contributed by atoms with E-state index in [1.165, 1.54) is 4.31 Å². The van der Waals surface area contributed by atoms with Gasteiger partial charge in [0.2, 0.25) is 0 Å². The highest BCUT2D eigenvalue weighted by atomic mass is 32.2. The van der Waals surface area contributed by atoms with Gasteiger partial charge in [0.25, 0.3) is 10.0 Å². The molecule has 31 heavy (non-hydrogen) atoms. The number of hydrogen-bond acceptors (Lipinski definition) is 4. The number of nitrogens with zero attached hydrogens (tertiary/aromatic N) is 1. The number of methoxy groups -OCH3 is 1. The van der Waals surface area contributed by atoms with Crippen LogP contribution in [0.25, 0.3) is 20.9 Å². The molecule has 0 aliphatic carbocycles. The Kier molecular flexibility index (Phi) is 4.84. The number of sulfonamides is 1. The van der Waals surface area contributed by atoms with Crippen LogP contribution < -0.4 is 9.04 Å². The third-order valence-electron chi connectivity index (χ3n) is 5.52. The number of benzene rings is 3. The predicted octanol–water partition coefficient (Wildman–Crippen LogP) is 6.11. The molecule has 0 atom stereocenters. The number of aryl methyl sites for hydroxylation is 1. The minimum atomic E-state index is -3.70. The fourth-order valence-corrected chi connectivity index (χ4v) is 6.57. The predicted molar refractivity (Wildman–Crippen MR) is 126 cm³/mol. The average molecular weight is 448 g/mol. The number of fused-ring (bicyclic) bond motifs is 3. The van der Waals surface area contributed by atoms with Crippen molar-refractivity contribution in [2.24, 2.45) is 0 Å². The summed E-state index contributed by atoms with van der Waals surface area (Å²) >= 11 is 1.61. The standard InChI is InChI=1S/C25H21NO3S2/c1-17-10-12-21(13-11-17)31(27,28)26-16-19-6-3-4-9-22(19)25-23(26)15-24(30-25)18-7-5-8-20(14-18)29-2/h3-15H,16H2,1-2H3. The van der Waals surface area contributed by atoms with Crippen LogP contribution in [-0.4, -0.2) is 15.5 Å². The Balaban J connectivity index is 1.68. The van der Waals surface area contributed by atoms with E-state index >= 15 is 0 Å². The van der Waals surface area contributed by atoms with Crippen LogP contribution in [0.4, 0.5) is 5.69 Å². The van der Waals surface area contributed by atoms with Gasteiger partial charge in [0, 0.05) is 4.88 Å². The van der Waals surface area contributed by atoms with Gasteiger partial charge >= 0.3 is 0 Å². The molecule has 4 nitrogen and oxygen atoms in total. The topological polar surface area (TPSA) is 46.6 Å². The Morgan fingerprint density at radius 2 is 1.71 bits per heavy atom. The summed E-state index contributed by atoms with van der Waals surface area (Å²) in [6, 6.07) is 24.9. The van der Waals surface area contributed by atoms with Gasteiger partial charge in [-0.3, -0.25) is 4.31 Å². The molecule has 5 rings (SSSR count). The van der Waals surface area contributed by atoms with Gasteiger partial charge in [0.15, 0.2) is 0 Å². The zero-order chi connectivity index (χ0) is 21.6. The van der Waals surface area contributed by atoms with Gasteiger partial charge in [-0.05, 0) is 53.9 Å². The molecule has 0 saturated heterocycles. The molecule has 1 aliphatic rings. The Morgan fingerprint density at radius 1 is 0.935 bits per heavy atom. The van der Waals surface area contributed by atoms with Crippen molar-refractivity contribution in [1.82, 2.24) is 0 Å². The lowest BCUT2D eigenvalue weighted by atomic mass is 10.0. The molecule has 3 aromatic carbocycles. The smallest absolute Gasteiger partial charge is 0.264 e. The lowest BCUT2D eigenvalue weighted by Crippen LogP contribution is -2.32. The summed E-state index contributed by atoms with van der Waals surface area (Å²) in [5.74, 6) is 0.772. The van der Waals surface area contributed by atoms with Crippen molar-refractivity contribution in [1.29, 1.82) is 0 Å². The second-order valence-corrected chi connectivity index (χ2v) is 10.5. The van der Waals surface area contributed by atoms with E-state index in [0.717, 1.165) is 43.4 Å². The van der Waals surface area contributed by atoms with Gasteiger partial charge in [-0.1, -0.05) is 54.1 Å². The van der Waals surface area contributed by atoms with Crippen LogP contribution in [-0.2, 0) is 16.6 Å². The second kappa shape index (κ2) is 7.55.